The lowest BCUT2D eigenvalue weighted by atomic mass is 9.95. The van der Waals surface area contributed by atoms with Gasteiger partial charge in [0.25, 0.3) is 0 Å². The van der Waals surface area contributed by atoms with Crippen LogP contribution in [0.4, 0.5) is 0 Å². The molecular formula is C9H14ClNS. The van der Waals surface area contributed by atoms with Crippen LogP contribution in [0.15, 0.2) is 11.4 Å². The van der Waals surface area contributed by atoms with Crippen LogP contribution >= 0.6 is 22.9 Å². The molecule has 0 radical (unpaired) electrons. The molecule has 0 amide bonds. The van der Waals surface area contributed by atoms with Crippen LogP contribution in [0.25, 0.3) is 0 Å². The van der Waals surface area contributed by atoms with Crippen molar-refractivity contribution in [3.63, 3.8) is 0 Å². The molecule has 2 unspecified atom stereocenters. The number of halogens is 1. The van der Waals surface area contributed by atoms with E-state index in [1.165, 1.54) is 5.56 Å². The molecule has 1 heterocycles. The summed E-state index contributed by atoms with van der Waals surface area (Å²) in [5.74, 6) is 0.524. The van der Waals surface area contributed by atoms with Gasteiger partial charge in [0.05, 0.1) is 4.34 Å². The lowest BCUT2D eigenvalue weighted by molar-refractivity contribution is 0.458. The Bertz CT molecular complexity index is 246. The molecule has 0 aromatic carbocycles. The van der Waals surface area contributed by atoms with Gasteiger partial charge in [-0.3, -0.25) is 0 Å². The van der Waals surface area contributed by atoms with Crippen molar-refractivity contribution in [1.29, 1.82) is 0 Å². The Morgan fingerprint density at radius 3 is 2.75 bits per heavy atom. The molecule has 0 saturated carbocycles. The SMILES string of the molecule is CCC(C)C(N)c1csc(Cl)c1. The predicted molar refractivity (Wildman–Crippen MR) is 55.7 cm³/mol. The van der Waals surface area contributed by atoms with E-state index in [0.29, 0.717) is 5.92 Å². The van der Waals surface area contributed by atoms with E-state index in [1.54, 1.807) is 11.3 Å². The number of hydrogen-bond acceptors (Lipinski definition) is 2. The van der Waals surface area contributed by atoms with Crippen LogP contribution in [0.2, 0.25) is 4.34 Å². The molecule has 68 valence electrons. The van der Waals surface area contributed by atoms with Crippen molar-refractivity contribution in [2.24, 2.45) is 11.7 Å². The van der Waals surface area contributed by atoms with Crippen molar-refractivity contribution in [2.45, 2.75) is 26.3 Å². The Labute approximate surface area is 82.5 Å². The summed E-state index contributed by atoms with van der Waals surface area (Å²) in [7, 11) is 0. The van der Waals surface area contributed by atoms with Gasteiger partial charge < -0.3 is 5.73 Å². The van der Waals surface area contributed by atoms with Crippen LogP contribution < -0.4 is 5.73 Å². The zero-order valence-corrected chi connectivity index (χ0v) is 8.95. The highest BCUT2D eigenvalue weighted by Gasteiger charge is 2.13. The molecule has 1 aromatic heterocycles. The molecule has 1 nitrogen and oxygen atoms in total. The lowest BCUT2D eigenvalue weighted by Gasteiger charge is -2.16. The summed E-state index contributed by atoms with van der Waals surface area (Å²) >= 11 is 7.36. The third-order valence-electron chi connectivity index (χ3n) is 2.23. The average molecular weight is 204 g/mol. The van der Waals surface area contributed by atoms with E-state index in [1.807, 2.05) is 11.4 Å². The fourth-order valence-electron chi connectivity index (χ4n) is 1.08. The van der Waals surface area contributed by atoms with E-state index in [2.05, 4.69) is 13.8 Å². The van der Waals surface area contributed by atoms with Gasteiger partial charge in [0, 0.05) is 6.04 Å². The van der Waals surface area contributed by atoms with Gasteiger partial charge in [-0.2, -0.15) is 0 Å². The van der Waals surface area contributed by atoms with E-state index in [0.717, 1.165) is 10.8 Å². The van der Waals surface area contributed by atoms with Crippen molar-refractivity contribution in [3.8, 4) is 0 Å². The minimum atomic E-state index is 0.138. The minimum Gasteiger partial charge on any atom is -0.324 e. The van der Waals surface area contributed by atoms with Crippen LogP contribution in [-0.4, -0.2) is 0 Å². The summed E-state index contributed by atoms with van der Waals surface area (Å²) < 4.78 is 0.823. The summed E-state index contributed by atoms with van der Waals surface area (Å²) in [6, 6.07) is 2.10. The maximum absolute atomic E-state index is 6.01. The molecule has 2 atom stereocenters. The molecule has 0 aliphatic carbocycles. The van der Waals surface area contributed by atoms with Crippen LogP contribution in [-0.2, 0) is 0 Å². The number of hydrogen-bond donors (Lipinski definition) is 1. The molecule has 0 bridgehead atoms. The maximum atomic E-state index is 6.01. The smallest absolute Gasteiger partial charge is 0.0931 e. The van der Waals surface area contributed by atoms with Crippen molar-refractivity contribution in [2.75, 3.05) is 0 Å². The molecule has 1 rings (SSSR count). The molecule has 0 aliphatic heterocycles. The summed E-state index contributed by atoms with van der Waals surface area (Å²) in [5, 5.41) is 2.04. The van der Waals surface area contributed by atoms with Gasteiger partial charge in [-0.25, -0.2) is 0 Å². The standard InChI is InChI=1S/C9H14ClNS/c1-3-6(2)9(11)7-4-8(10)12-5-7/h4-6,9H,3,11H2,1-2H3. The Hall–Kier alpha value is -0.0500. The largest absolute Gasteiger partial charge is 0.324 e. The summed E-state index contributed by atoms with van der Waals surface area (Å²) in [5.41, 5.74) is 7.18. The van der Waals surface area contributed by atoms with Gasteiger partial charge in [-0.15, -0.1) is 11.3 Å². The Balaban J connectivity index is 2.70. The topological polar surface area (TPSA) is 26.0 Å². The van der Waals surface area contributed by atoms with E-state index in [4.69, 9.17) is 17.3 Å². The highest BCUT2D eigenvalue weighted by Crippen LogP contribution is 2.28. The zero-order chi connectivity index (χ0) is 9.14. The second-order valence-electron chi connectivity index (χ2n) is 3.10. The highest BCUT2D eigenvalue weighted by molar-refractivity contribution is 7.14. The van der Waals surface area contributed by atoms with Crippen LogP contribution in [0.5, 0.6) is 0 Å². The summed E-state index contributed by atoms with van der Waals surface area (Å²) in [6.45, 7) is 4.31. The average Bonchev–Trinajstić information content (AvgIpc) is 2.49. The summed E-state index contributed by atoms with van der Waals surface area (Å²) in [4.78, 5) is 0. The molecule has 0 aliphatic rings. The molecular weight excluding hydrogens is 190 g/mol. The first-order valence-electron chi connectivity index (χ1n) is 4.14. The molecule has 0 fully saturated rings. The number of rotatable bonds is 3. The minimum absolute atomic E-state index is 0.138. The van der Waals surface area contributed by atoms with Crippen molar-refractivity contribution < 1.29 is 0 Å². The van der Waals surface area contributed by atoms with Gasteiger partial charge in [0.1, 0.15) is 0 Å². The first-order chi connectivity index (χ1) is 5.65. The molecule has 0 saturated heterocycles. The van der Waals surface area contributed by atoms with Crippen LogP contribution in [0.3, 0.4) is 0 Å². The molecule has 3 heteroatoms. The van der Waals surface area contributed by atoms with Gasteiger partial charge in [-0.05, 0) is 22.9 Å². The number of thiophene rings is 1. The van der Waals surface area contributed by atoms with E-state index >= 15 is 0 Å². The van der Waals surface area contributed by atoms with E-state index < -0.39 is 0 Å². The first kappa shape index (κ1) is 10.0. The maximum Gasteiger partial charge on any atom is 0.0931 e. The van der Waals surface area contributed by atoms with Crippen molar-refractivity contribution in [1.82, 2.24) is 0 Å². The third-order valence-corrected chi connectivity index (χ3v) is 3.34. The molecule has 12 heavy (non-hydrogen) atoms. The van der Waals surface area contributed by atoms with Crippen LogP contribution in [0, 0.1) is 5.92 Å². The first-order valence-corrected chi connectivity index (χ1v) is 5.40. The quantitative estimate of drug-likeness (QED) is 0.800. The summed E-state index contributed by atoms with van der Waals surface area (Å²) in [6.07, 6.45) is 1.11. The molecule has 2 N–H and O–H groups in total. The van der Waals surface area contributed by atoms with Gasteiger partial charge in [-0.1, -0.05) is 31.9 Å². The van der Waals surface area contributed by atoms with Gasteiger partial charge in [0.15, 0.2) is 0 Å². The second-order valence-corrected chi connectivity index (χ2v) is 4.64. The molecule has 0 spiro atoms. The normalized spacial score (nSPS) is 16.0. The third kappa shape index (κ3) is 2.22. The number of nitrogens with two attached hydrogens (primary N) is 1. The predicted octanol–water partition coefficient (Wildman–Crippen LogP) is 3.45. The van der Waals surface area contributed by atoms with E-state index in [9.17, 15) is 0 Å². The Morgan fingerprint density at radius 2 is 2.33 bits per heavy atom. The Morgan fingerprint density at radius 1 is 1.67 bits per heavy atom. The highest BCUT2D eigenvalue weighted by atomic mass is 35.5. The van der Waals surface area contributed by atoms with Crippen LogP contribution in [0.1, 0.15) is 31.9 Å². The zero-order valence-electron chi connectivity index (χ0n) is 7.38. The van der Waals surface area contributed by atoms with Gasteiger partial charge in [0.2, 0.25) is 0 Å². The van der Waals surface area contributed by atoms with Crippen molar-refractivity contribution >= 4 is 22.9 Å². The lowest BCUT2D eigenvalue weighted by Crippen LogP contribution is -2.17. The fraction of sp³-hybridized carbons (Fsp3) is 0.556. The Kier molecular flexibility index (Phi) is 3.56. The van der Waals surface area contributed by atoms with E-state index in [-0.39, 0.29) is 6.04 Å². The van der Waals surface area contributed by atoms with Crippen molar-refractivity contribution in [3.05, 3.63) is 21.3 Å². The molecule has 1 aromatic rings. The monoisotopic (exact) mass is 203 g/mol. The van der Waals surface area contributed by atoms with Gasteiger partial charge >= 0.3 is 0 Å². The second kappa shape index (κ2) is 4.26. The fourth-order valence-corrected chi connectivity index (χ4v) is 2.02.